The second-order valence-corrected chi connectivity index (χ2v) is 7.83. The van der Waals surface area contributed by atoms with Gasteiger partial charge >= 0.3 is 0 Å². The Hall–Kier alpha value is -0.380. The Morgan fingerprint density at radius 2 is 2.14 bits per heavy atom. The number of rotatable bonds is 5. The predicted molar refractivity (Wildman–Crippen MR) is 92.0 cm³/mol. The average Bonchev–Trinajstić information content (AvgIpc) is 3.07. The summed E-state index contributed by atoms with van der Waals surface area (Å²) in [5.74, 6) is 0.931. The van der Waals surface area contributed by atoms with Crippen molar-refractivity contribution < 1.29 is 0 Å². The van der Waals surface area contributed by atoms with E-state index >= 15 is 0 Å². The summed E-state index contributed by atoms with van der Waals surface area (Å²) in [6.45, 7) is 6.05. The first-order chi connectivity index (χ1) is 10.4. The molecule has 2 unspecified atom stereocenters. The minimum absolute atomic E-state index is 0.741. The third kappa shape index (κ3) is 4.08. The van der Waals surface area contributed by atoms with Crippen molar-refractivity contribution in [3.63, 3.8) is 0 Å². The molecule has 118 valence electrons. The lowest BCUT2D eigenvalue weighted by Gasteiger charge is -2.43. The summed E-state index contributed by atoms with van der Waals surface area (Å²) in [5, 5.41) is 6.08. The Morgan fingerprint density at radius 1 is 1.29 bits per heavy atom. The predicted octanol–water partition coefficient (Wildman–Crippen LogP) is 3.92. The Labute approximate surface area is 133 Å². The maximum absolute atomic E-state index is 3.87. The highest BCUT2D eigenvalue weighted by atomic mass is 32.1. The number of thiophene rings is 1. The fourth-order valence-corrected chi connectivity index (χ4v) is 4.82. The van der Waals surface area contributed by atoms with Gasteiger partial charge in [0.15, 0.2) is 0 Å². The van der Waals surface area contributed by atoms with E-state index in [0.717, 1.165) is 18.0 Å². The fraction of sp³-hybridized carbons (Fsp3) is 0.778. The molecule has 0 bridgehead atoms. The van der Waals surface area contributed by atoms with E-state index in [-0.39, 0.29) is 0 Å². The van der Waals surface area contributed by atoms with E-state index in [2.05, 4.69) is 34.7 Å². The average molecular weight is 307 g/mol. The van der Waals surface area contributed by atoms with Crippen LogP contribution in [-0.2, 0) is 6.42 Å². The number of hydrogen-bond donors (Lipinski definition) is 1. The van der Waals surface area contributed by atoms with Gasteiger partial charge in [0.05, 0.1) is 0 Å². The summed E-state index contributed by atoms with van der Waals surface area (Å²) < 4.78 is 0. The zero-order valence-corrected chi connectivity index (χ0v) is 14.2. The number of nitrogens with one attached hydrogen (secondary N) is 1. The van der Waals surface area contributed by atoms with Gasteiger partial charge in [0, 0.05) is 36.6 Å². The van der Waals surface area contributed by atoms with Crippen LogP contribution in [0.4, 0.5) is 0 Å². The Bertz CT molecular complexity index is 397. The van der Waals surface area contributed by atoms with E-state index in [4.69, 9.17) is 0 Å². The quantitative estimate of drug-likeness (QED) is 0.887. The van der Waals surface area contributed by atoms with Crippen molar-refractivity contribution in [2.24, 2.45) is 5.92 Å². The molecule has 2 nitrogen and oxygen atoms in total. The molecule has 1 aliphatic heterocycles. The topological polar surface area (TPSA) is 15.3 Å². The monoisotopic (exact) mass is 306 g/mol. The van der Waals surface area contributed by atoms with Crippen LogP contribution in [0.5, 0.6) is 0 Å². The van der Waals surface area contributed by atoms with Crippen LogP contribution in [0, 0.1) is 5.92 Å². The molecule has 1 N–H and O–H groups in total. The molecule has 3 rings (SSSR count). The van der Waals surface area contributed by atoms with Gasteiger partial charge in [-0.05, 0) is 43.0 Å². The first-order valence-corrected chi connectivity index (χ1v) is 9.74. The van der Waals surface area contributed by atoms with Gasteiger partial charge in [-0.3, -0.25) is 4.90 Å². The molecular weight excluding hydrogens is 276 g/mol. The maximum atomic E-state index is 3.87. The molecule has 1 aliphatic carbocycles. The van der Waals surface area contributed by atoms with Crippen molar-refractivity contribution in [1.29, 1.82) is 0 Å². The molecular formula is C18H30N2S. The van der Waals surface area contributed by atoms with Gasteiger partial charge in [-0.25, -0.2) is 0 Å². The molecule has 1 saturated carbocycles. The molecule has 0 aromatic carbocycles. The zero-order valence-electron chi connectivity index (χ0n) is 13.4. The molecule has 3 heteroatoms. The SMILES string of the molecule is CCC1CNC(C2CCCCC2)CN1CCc1cccs1. The number of hydrogen-bond acceptors (Lipinski definition) is 3. The van der Waals surface area contributed by atoms with Gasteiger partial charge in [0.1, 0.15) is 0 Å². The fourth-order valence-electron chi connectivity index (χ4n) is 4.12. The summed E-state index contributed by atoms with van der Waals surface area (Å²) in [5.41, 5.74) is 0. The van der Waals surface area contributed by atoms with Gasteiger partial charge in [0.25, 0.3) is 0 Å². The van der Waals surface area contributed by atoms with Gasteiger partial charge in [-0.2, -0.15) is 0 Å². The van der Waals surface area contributed by atoms with Crippen LogP contribution in [0.25, 0.3) is 0 Å². The zero-order chi connectivity index (χ0) is 14.5. The molecule has 2 aliphatic rings. The van der Waals surface area contributed by atoms with Crippen LogP contribution in [0.3, 0.4) is 0 Å². The Morgan fingerprint density at radius 3 is 2.86 bits per heavy atom. The third-order valence-corrected chi connectivity index (χ3v) is 6.42. The van der Waals surface area contributed by atoms with Crippen molar-refractivity contribution in [3.05, 3.63) is 22.4 Å². The van der Waals surface area contributed by atoms with E-state index in [1.165, 1.54) is 69.5 Å². The highest BCUT2D eigenvalue weighted by molar-refractivity contribution is 7.09. The Kier molecular flexibility index (Phi) is 5.73. The molecule has 1 aromatic rings. The third-order valence-electron chi connectivity index (χ3n) is 5.48. The smallest absolute Gasteiger partial charge is 0.0224 e. The van der Waals surface area contributed by atoms with E-state index in [0.29, 0.717) is 0 Å². The van der Waals surface area contributed by atoms with Crippen LogP contribution in [0.2, 0.25) is 0 Å². The summed E-state index contributed by atoms with van der Waals surface area (Å²) in [6.07, 6.45) is 9.77. The minimum Gasteiger partial charge on any atom is -0.311 e. The maximum Gasteiger partial charge on any atom is 0.0224 e. The second kappa shape index (κ2) is 7.75. The van der Waals surface area contributed by atoms with Crippen molar-refractivity contribution in [3.8, 4) is 0 Å². The normalized spacial score (nSPS) is 28.8. The van der Waals surface area contributed by atoms with Crippen LogP contribution in [-0.4, -0.2) is 36.6 Å². The molecule has 1 saturated heterocycles. The van der Waals surface area contributed by atoms with Crippen LogP contribution in [0.15, 0.2) is 17.5 Å². The molecule has 0 spiro atoms. The molecule has 2 fully saturated rings. The van der Waals surface area contributed by atoms with Crippen molar-refractivity contribution in [2.75, 3.05) is 19.6 Å². The summed E-state index contributed by atoms with van der Waals surface area (Å²) in [4.78, 5) is 4.31. The molecule has 21 heavy (non-hydrogen) atoms. The van der Waals surface area contributed by atoms with Crippen LogP contribution >= 0.6 is 11.3 Å². The summed E-state index contributed by atoms with van der Waals surface area (Å²) in [6, 6.07) is 5.95. The van der Waals surface area contributed by atoms with Gasteiger partial charge in [-0.15, -0.1) is 11.3 Å². The molecule has 0 amide bonds. The van der Waals surface area contributed by atoms with Crippen molar-refractivity contribution in [1.82, 2.24) is 10.2 Å². The van der Waals surface area contributed by atoms with E-state index in [1.807, 2.05) is 11.3 Å². The van der Waals surface area contributed by atoms with Crippen molar-refractivity contribution >= 4 is 11.3 Å². The van der Waals surface area contributed by atoms with E-state index in [9.17, 15) is 0 Å². The molecule has 1 aromatic heterocycles. The number of nitrogens with zero attached hydrogens (tertiary/aromatic N) is 1. The molecule has 0 radical (unpaired) electrons. The lowest BCUT2D eigenvalue weighted by Crippen LogP contribution is -2.59. The second-order valence-electron chi connectivity index (χ2n) is 6.80. The highest BCUT2D eigenvalue weighted by Gasteiger charge is 2.31. The first-order valence-electron chi connectivity index (χ1n) is 8.86. The largest absolute Gasteiger partial charge is 0.311 e. The van der Waals surface area contributed by atoms with E-state index in [1.54, 1.807) is 0 Å². The standard InChI is InChI=1S/C18H30N2S/c1-2-16-13-19-18(15-7-4-3-5-8-15)14-20(16)11-10-17-9-6-12-21-17/h6,9,12,15-16,18-19H,2-5,7-8,10-11,13-14H2,1H3. The van der Waals surface area contributed by atoms with E-state index < -0.39 is 0 Å². The molecule has 2 atom stereocenters. The summed E-state index contributed by atoms with van der Waals surface area (Å²) >= 11 is 1.91. The minimum atomic E-state index is 0.741. The van der Waals surface area contributed by atoms with Crippen LogP contribution < -0.4 is 5.32 Å². The van der Waals surface area contributed by atoms with Gasteiger partial charge in [0.2, 0.25) is 0 Å². The van der Waals surface area contributed by atoms with Gasteiger partial charge < -0.3 is 5.32 Å². The first kappa shape index (κ1) is 15.5. The number of piperazine rings is 1. The Balaban J connectivity index is 1.55. The highest BCUT2D eigenvalue weighted by Crippen LogP contribution is 2.28. The molecule has 2 heterocycles. The van der Waals surface area contributed by atoms with Crippen LogP contribution in [0.1, 0.15) is 50.3 Å². The van der Waals surface area contributed by atoms with Crippen molar-refractivity contribution in [2.45, 2.75) is 64.0 Å². The summed E-state index contributed by atoms with van der Waals surface area (Å²) in [7, 11) is 0. The lowest BCUT2D eigenvalue weighted by atomic mass is 9.82. The lowest BCUT2D eigenvalue weighted by molar-refractivity contribution is 0.0948. The van der Waals surface area contributed by atoms with Gasteiger partial charge in [-0.1, -0.05) is 32.3 Å².